The van der Waals surface area contributed by atoms with Crippen molar-refractivity contribution >= 4 is 30.7 Å². The number of rotatable bonds is 2. The highest BCUT2D eigenvalue weighted by Gasteiger charge is 1.53. The molecule has 6 heavy (non-hydrogen) atoms. The Morgan fingerprint density at radius 1 is 1.67 bits per heavy atom. The van der Waals surface area contributed by atoms with Gasteiger partial charge in [0, 0.05) is 6.61 Å². The SMILES string of the molecule is CCO[S-](=S)=S. The van der Waals surface area contributed by atoms with Gasteiger partial charge in [-0.1, -0.05) is 0 Å². The lowest BCUT2D eigenvalue weighted by Crippen LogP contribution is -1.80. The van der Waals surface area contributed by atoms with Crippen LogP contribution in [-0.4, -0.2) is 6.61 Å². The summed E-state index contributed by atoms with van der Waals surface area (Å²) in [4.78, 5) is 0. The van der Waals surface area contributed by atoms with Gasteiger partial charge in [-0.25, -0.2) is 30.7 Å². The van der Waals surface area contributed by atoms with E-state index < -0.39 is 8.29 Å². The first kappa shape index (κ1) is 6.75. The topological polar surface area (TPSA) is 9.23 Å². The molecule has 0 heterocycles. The molecule has 0 aromatic rings. The van der Waals surface area contributed by atoms with Gasteiger partial charge in [0.15, 0.2) is 0 Å². The van der Waals surface area contributed by atoms with E-state index in [0.29, 0.717) is 6.61 Å². The van der Waals surface area contributed by atoms with Crippen LogP contribution in [0.25, 0.3) is 0 Å². The molecule has 0 saturated heterocycles. The summed E-state index contributed by atoms with van der Waals surface area (Å²) in [6, 6.07) is 0. The van der Waals surface area contributed by atoms with E-state index in [-0.39, 0.29) is 0 Å². The molecule has 0 fully saturated rings. The van der Waals surface area contributed by atoms with Gasteiger partial charge in [0.1, 0.15) is 0 Å². The van der Waals surface area contributed by atoms with Crippen LogP contribution in [0.1, 0.15) is 6.92 Å². The second-order valence-electron chi connectivity index (χ2n) is 0.611. The van der Waals surface area contributed by atoms with Crippen LogP contribution in [-0.2, 0) is 34.9 Å². The van der Waals surface area contributed by atoms with E-state index in [2.05, 4.69) is 22.4 Å². The summed E-state index contributed by atoms with van der Waals surface area (Å²) >= 11 is 9.00. The molecule has 0 aliphatic rings. The molecule has 38 valence electrons. The van der Waals surface area contributed by atoms with Crippen LogP contribution in [0.2, 0.25) is 0 Å². The van der Waals surface area contributed by atoms with Crippen LogP contribution in [0, 0.1) is 0 Å². The van der Waals surface area contributed by atoms with Crippen LogP contribution >= 0.6 is 0 Å². The maximum absolute atomic E-state index is 4.70. The van der Waals surface area contributed by atoms with Gasteiger partial charge in [-0.2, -0.15) is 0 Å². The second kappa shape index (κ2) is 3.92. The van der Waals surface area contributed by atoms with Crippen molar-refractivity contribution in [3.05, 3.63) is 0 Å². The Kier molecular flexibility index (Phi) is 4.41. The molecule has 0 aromatic heterocycles. The monoisotopic (exact) mass is 141 g/mol. The highest BCUT2D eigenvalue weighted by molar-refractivity contribution is 8.44. The first-order valence-corrected chi connectivity index (χ1v) is 4.50. The normalized spacial score (nSPS) is 9.67. The van der Waals surface area contributed by atoms with E-state index in [1.54, 1.807) is 0 Å². The van der Waals surface area contributed by atoms with Gasteiger partial charge >= 0.3 is 0 Å². The van der Waals surface area contributed by atoms with Crippen molar-refractivity contribution in [3.63, 3.8) is 0 Å². The average Bonchev–Trinajstić information content (AvgIpc) is 1.35. The standard InChI is InChI=1S/C2H5OS3/c1-2-3-6(4)5/h2H2,1H3/q-1. The molecule has 0 amide bonds. The Morgan fingerprint density at radius 2 is 2.17 bits per heavy atom. The van der Waals surface area contributed by atoms with Crippen molar-refractivity contribution < 1.29 is 4.18 Å². The Balaban J connectivity index is 3.07. The third-order valence-corrected chi connectivity index (χ3v) is 1.22. The van der Waals surface area contributed by atoms with Crippen LogP contribution in [0.4, 0.5) is 0 Å². The summed E-state index contributed by atoms with van der Waals surface area (Å²) in [5.41, 5.74) is 0. The summed E-state index contributed by atoms with van der Waals surface area (Å²) in [6.45, 7) is 2.51. The molecule has 0 radical (unpaired) electrons. The molecule has 0 aromatic carbocycles. The Bertz CT molecular complexity index is 76.8. The zero-order valence-electron chi connectivity index (χ0n) is 3.34. The lowest BCUT2D eigenvalue weighted by atomic mass is 10.9. The molecule has 1 nitrogen and oxygen atoms in total. The molecule has 0 aliphatic heterocycles. The summed E-state index contributed by atoms with van der Waals surface area (Å²) in [5, 5.41) is 0. The zero-order valence-corrected chi connectivity index (χ0v) is 5.79. The van der Waals surface area contributed by atoms with Crippen molar-refractivity contribution in [1.29, 1.82) is 0 Å². The van der Waals surface area contributed by atoms with Crippen LogP contribution in [0.5, 0.6) is 0 Å². The van der Waals surface area contributed by atoms with Crippen LogP contribution in [0.3, 0.4) is 0 Å². The summed E-state index contributed by atoms with van der Waals surface area (Å²) in [7, 11) is -0.649. The summed E-state index contributed by atoms with van der Waals surface area (Å²) < 4.78 is 4.70. The maximum Gasteiger partial charge on any atom is 0.0205 e. The molecule has 0 bridgehead atoms. The van der Waals surface area contributed by atoms with Gasteiger partial charge in [0.2, 0.25) is 0 Å². The fraction of sp³-hybridized carbons (Fsp3) is 1.00. The zero-order chi connectivity index (χ0) is 4.99. The van der Waals surface area contributed by atoms with Crippen LogP contribution in [0.15, 0.2) is 0 Å². The maximum atomic E-state index is 4.70. The van der Waals surface area contributed by atoms with E-state index in [1.165, 1.54) is 0 Å². The smallest absolute Gasteiger partial charge is 0.0205 e. The average molecular weight is 141 g/mol. The Morgan fingerprint density at radius 3 is 2.17 bits per heavy atom. The highest BCUT2D eigenvalue weighted by atomic mass is 33.1. The molecular formula is C2H5OS3-. The van der Waals surface area contributed by atoms with E-state index >= 15 is 0 Å². The summed E-state index contributed by atoms with van der Waals surface area (Å²) in [6.07, 6.45) is 0. The van der Waals surface area contributed by atoms with Crippen molar-refractivity contribution in [2.24, 2.45) is 0 Å². The quantitative estimate of drug-likeness (QED) is 0.518. The van der Waals surface area contributed by atoms with Gasteiger partial charge < -0.3 is 4.18 Å². The first-order chi connectivity index (χ1) is 2.77. The predicted octanol–water partition coefficient (Wildman–Crippen LogP) is 0.480. The largest absolute Gasteiger partial charge is 0.467 e. The molecule has 0 N–H and O–H groups in total. The molecular weight excluding hydrogens is 136 g/mol. The van der Waals surface area contributed by atoms with E-state index in [1.807, 2.05) is 6.92 Å². The van der Waals surface area contributed by atoms with E-state index in [0.717, 1.165) is 0 Å². The van der Waals surface area contributed by atoms with Gasteiger partial charge in [-0.15, -0.1) is 0 Å². The van der Waals surface area contributed by atoms with Crippen molar-refractivity contribution in [2.75, 3.05) is 6.61 Å². The second-order valence-corrected chi connectivity index (χ2v) is 3.70. The molecule has 0 saturated carbocycles. The fourth-order valence-corrected chi connectivity index (χ4v) is 0.866. The Hall–Kier alpha value is 0.750. The predicted molar refractivity (Wildman–Crippen MR) is 33.7 cm³/mol. The number of hydrogen-bond donors (Lipinski definition) is 0. The van der Waals surface area contributed by atoms with E-state index in [4.69, 9.17) is 4.18 Å². The number of hydrogen-bond acceptors (Lipinski definition) is 4. The lowest BCUT2D eigenvalue weighted by Gasteiger charge is -1.98. The molecule has 0 unspecified atom stereocenters. The van der Waals surface area contributed by atoms with Crippen molar-refractivity contribution in [2.45, 2.75) is 6.92 Å². The molecule has 4 heteroatoms. The third-order valence-electron chi connectivity index (χ3n) is 0.214. The third kappa shape index (κ3) is 4.75. The van der Waals surface area contributed by atoms with E-state index in [9.17, 15) is 0 Å². The fourth-order valence-electron chi connectivity index (χ4n) is 0.0962. The molecule has 0 spiro atoms. The lowest BCUT2D eigenvalue weighted by molar-refractivity contribution is 0.405. The summed E-state index contributed by atoms with van der Waals surface area (Å²) in [5.74, 6) is 0. The molecule has 0 atom stereocenters. The van der Waals surface area contributed by atoms with Crippen molar-refractivity contribution in [1.82, 2.24) is 0 Å². The van der Waals surface area contributed by atoms with Gasteiger partial charge in [0.05, 0.1) is 0 Å². The first-order valence-electron chi connectivity index (χ1n) is 1.50. The van der Waals surface area contributed by atoms with Crippen molar-refractivity contribution in [3.8, 4) is 0 Å². The van der Waals surface area contributed by atoms with Gasteiger partial charge in [-0.05, 0) is 6.92 Å². The minimum Gasteiger partial charge on any atom is -0.467 e. The van der Waals surface area contributed by atoms with Crippen LogP contribution < -0.4 is 0 Å². The van der Waals surface area contributed by atoms with Gasteiger partial charge in [-0.3, -0.25) is 0 Å². The molecule has 0 aliphatic carbocycles. The Labute approximate surface area is 48.7 Å². The molecule has 0 rings (SSSR count). The minimum absolute atomic E-state index is 0.635. The minimum atomic E-state index is -0.649. The van der Waals surface area contributed by atoms with Gasteiger partial charge in [0.25, 0.3) is 0 Å². The highest BCUT2D eigenvalue weighted by Crippen LogP contribution is 1.68.